The third-order valence-electron chi connectivity index (χ3n) is 3.82. The molecular weight excluding hydrogens is 238 g/mol. The Morgan fingerprint density at radius 2 is 2.05 bits per heavy atom. The topological polar surface area (TPSA) is 35.6 Å². The maximum Gasteiger partial charge on any atom is 0.251 e. The van der Waals surface area contributed by atoms with Crippen LogP contribution in [0.15, 0.2) is 24.3 Å². The Balaban J connectivity index is 1.89. The molecular formula is C15H23N3O. The third-order valence-corrected chi connectivity index (χ3v) is 3.82. The Hall–Kier alpha value is -1.55. The molecule has 0 spiro atoms. The van der Waals surface area contributed by atoms with Crippen LogP contribution in [0.2, 0.25) is 0 Å². The van der Waals surface area contributed by atoms with Gasteiger partial charge in [0.05, 0.1) is 0 Å². The minimum atomic E-state index is 0.0191. The number of nitrogens with one attached hydrogen (secondary N) is 1. The molecule has 2 rings (SSSR count). The summed E-state index contributed by atoms with van der Waals surface area (Å²) in [6.45, 7) is 1.88. The van der Waals surface area contributed by atoms with Gasteiger partial charge in [0.25, 0.3) is 5.91 Å². The molecule has 1 aromatic rings. The first kappa shape index (κ1) is 13.9. The van der Waals surface area contributed by atoms with Crippen molar-refractivity contribution >= 4 is 11.6 Å². The molecule has 0 aromatic heterocycles. The fourth-order valence-electron chi connectivity index (χ4n) is 2.46. The van der Waals surface area contributed by atoms with Crippen LogP contribution in [0.25, 0.3) is 0 Å². The van der Waals surface area contributed by atoms with Gasteiger partial charge in [0.1, 0.15) is 0 Å². The maximum absolute atomic E-state index is 12.0. The van der Waals surface area contributed by atoms with Gasteiger partial charge in [-0.25, -0.2) is 0 Å². The van der Waals surface area contributed by atoms with Crippen molar-refractivity contribution in [2.75, 3.05) is 39.1 Å². The van der Waals surface area contributed by atoms with Gasteiger partial charge in [-0.1, -0.05) is 0 Å². The predicted octanol–water partition coefficient (Wildman–Crippen LogP) is 1.58. The van der Waals surface area contributed by atoms with Gasteiger partial charge in [0.15, 0.2) is 0 Å². The molecule has 1 atom stereocenters. The van der Waals surface area contributed by atoms with Crippen LogP contribution in [-0.4, -0.2) is 51.1 Å². The van der Waals surface area contributed by atoms with Gasteiger partial charge in [-0.15, -0.1) is 0 Å². The summed E-state index contributed by atoms with van der Waals surface area (Å²) >= 11 is 0. The Morgan fingerprint density at radius 1 is 1.37 bits per heavy atom. The van der Waals surface area contributed by atoms with Gasteiger partial charge in [0, 0.05) is 37.9 Å². The molecule has 19 heavy (non-hydrogen) atoms. The van der Waals surface area contributed by atoms with E-state index in [0.717, 1.165) is 24.3 Å². The zero-order valence-electron chi connectivity index (χ0n) is 12.0. The average Bonchev–Trinajstić information content (AvgIpc) is 2.81. The summed E-state index contributed by atoms with van der Waals surface area (Å²) in [7, 11) is 6.10. The number of likely N-dealkylation sites (tertiary alicyclic amines) is 1. The number of nitrogens with zero attached hydrogens (tertiary/aromatic N) is 2. The molecule has 4 nitrogen and oxygen atoms in total. The summed E-state index contributed by atoms with van der Waals surface area (Å²) in [6, 6.07) is 8.18. The summed E-state index contributed by atoms with van der Waals surface area (Å²) < 4.78 is 0. The van der Waals surface area contributed by atoms with Crippen LogP contribution in [0.4, 0.5) is 5.69 Å². The molecule has 1 aliphatic heterocycles. The molecule has 1 amide bonds. The molecule has 1 saturated heterocycles. The molecule has 1 N–H and O–H groups in total. The van der Waals surface area contributed by atoms with Crippen molar-refractivity contribution < 1.29 is 4.79 Å². The first-order chi connectivity index (χ1) is 9.08. The Morgan fingerprint density at radius 3 is 2.58 bits per heavy atom. The van der Waals surface area contributed by atoms with E-state index in [1.165, 1.54) is 12.8 Å². The summed E-state index contributed by atoms with van der Waals surface area (Å²) in [5.41, 5.74) is 1.83. The van der Waals surface area contributed by atoms with E-state index >= 15 is 0 Å². The molecule has 1 aliphatic rings. The van der Waals surface area contributed by atoms with Crippen LogP contribution in [0, 0.1) is 0 Å². The Labute approximate surface area is 115 Å². The van der Waals surface area contributed by atoms with Crippen molar-refractivity contribution in [2.45, 2.75) is 18.9 Å². The average molecular weight is 261 g/mol. The highest BCUT2D eigenvalue weighted by Gasteiger charge is 2.21. The number of likely N-dealkylation sites (N-methyl/N-ethyl adjacent to an activating group) is 1. The van der Waals surface area contributed by atoms with Gasteiger partial charge in [-0.3, -0.25) is 4.79 Å². The number of anilines is 1. The Bertz CT molecular complexity index is 428. The molecule has 1 heterocycles. The van der Waals surface area contributed by atoms with Gasteiger partial charge in [-0.2, -0.15) is 0 Å². The van der Waals surface area contributed by atoms with Crippen molar-refractivity contribution in [1.29, 1.82) is 0 Å². The van der Waals surface area contributed by atoms with E-state index in [4.69, 9.17) is 0 Å². The van der Waals surface area contributed by atoms with Crippen LogP contribution in [0.1, 0.15) is 23.2 Å². The highest BCUT2D eigenvalue weighted by Crippen LogP contribution is 2.14. The van der Waals surface area contributed by atoms with E-state index in [1.54, 1.807) is 0 Å². The molecule has 0 aliphatic carbocycles. The van der Waals surface area contributed by atoms with Crippen molar-refractivity contribution in [2.24, 2.45) is 0 Å². The molecule has 4 heteroatoms. The normalized spacial score (nSPS) is 19.4. The van der Waals surface area contributed by atoms with Crippen LogP contribution < -0.4 is 10.2 Å². The third kappa shape index (κ3) is 3.47. The van der Waals surface area contributed by atoms with E-state index < -0.39 is 0 Å². The van der Waals surface area contributed by atoms with Crippen molar-refractivity contribution in [1.82, 2.24) is 10.2 Å². The quantitative estimate of drug-likeness (QED) is 0.894. The monoisotopic (exact) mass is 261 g/mol. The first-order valence-corrected chi connectivity index (χ1v) is 6.84. The number of carbonyl (C=O) groups is 1. The highest BCUT2D eigenvalue weighted by molar-refractivity contribution is 5.94. The lowest BCUT2D eigenvalue weighted by Crippen LogP contribution is -2.38. The minimum absolute atomic E-state index is 0.0191. The summed E-state index contributed by atoms with van der Waals surface area (Å²) in [5.74, 6) is 0.0191. The van der Waals surface area contributed by atoms with Gasteiger partial charge >= 0.3 is 0 Å². The van der Waals surface area contributed by atoms with Gasteiger partial charge in [0.2, 0.25) is 0 Å². The molecule has 0 bridgehead atoms. The number of hydrogen-bond donors (Lipinski definition) is 1. The molecule has 0 saturated carbocycles. The lowest BCUT2D eigenvalue weighted by atomic mass is 10.1. The second-order valence-electron chi connectivity index (χ2n) is 5.43. The van der Waals surface area contributed by atoms with Crippen LogP contribution in [0.5, 0.6) is 0 Å². The second-order valence-corrected chi connectivity index (χ2v) is 5.43. The number of benzene rings is 1. The van der Waals surface area contributed by atoms with E-state index in [0.29, 0.717) is 6.04 Å². The Kier molecular flexibility index (Phi) is 4.43. The standard InChI is InChI=1S/C15H23N3O/c1-17(2)13-8-6-12(7-9-13)15(19)16-11-14-5-4-10-18(14)3/h6-9,14H,4-5,10-11H2,1-3H3,(H,16,19)/t14-/m1/s1. The zero-order chi connectivity index (χ0) is 13.8. The van der Waals surface area contributed by atoms with E-state index in [9.17, 15) is 4.79 Å². The minimum Gasteiger partial charge on any atom is -0.378 e. The smallest absolute Gasteiger partial charge is 0.251 e. The van der Waals surface area contributed by atoms with Crippen LogP contribution in [0.3, 0.4) is 0 Å². The lowest BCUT2D eigenvalue weighted by molar-refractivity contribution is 0.0943. The van der Waals surface area contributed by atoms with Crippen LogP contribution >= 0.6 is 0 Å². The summed E-state index contributed by atoms with van der Waals surface area (Å²) in [5, 5.41) is 3.03. The van der Waals surface area contributed by atoms with E-state index in [1.807, 2.05) is 43.3 Å². The van der Waals surface area contributed by atoms with Crippen LogP contribution in [-0.2, 0) is 0 Å². The molecule has 0 unspecified atom stereocenters. The fraction of sp³-hybridized carbons (Fsp3) is 0.533. The highest BCUT2D eigenvalue weighted by atomic mass is 16.1. The van der Waals surface area contributed by atoms with Crippen molar-refractivity contribution in [3.8, 4) is 0 Å². The summed E-state index contributed by atoms with van der Waals surface area (Å²) in [6.07, 6.45) is 2.41. The zero-order valence-corrected chi connectivity index (χ0v) is 12.0. The van der Waals surface area contributed by atoms with Crippen molar-refractivity contribution in [3.05, 3.63) is 29.8 Å². The molecule has 0 radical (unpaired) electrons. The van der Waals surface area contributed by atoms with Gasteiger partial charge in [-0.05, 0) is 50.7 Å². The largest absolute Gasteiger partial charge is 0.378 e. The predicted molar refractivity (Wildman–Crippen MR) is 78.8 cm³/mol. The number of carbonyl (C=O) groups excluding carboxylic acids is 1. The van der Waals surface area contributed by atoms with Gasteiger partial charge < -0.3 is 15.1 Å². The SMILES string of the molecule is CN(C)c1ccc(C(=O)NC[C@H]2CCCN2C)cc1. The first-order valence-electron chi connectivity index (χ1n) is 6.84. The maximum atomic E-state index is 12.0. The molecule has 1 aromatic carbocycles. The van der Waals surface area contributed by atoms with E-state index in [2.05, 4.69) is 17.3 Å². The number of amides is 1. The number of rotatable bonds is 4. The second kappa shape index (κ2) is 6.06. The van der Waals surface area contributed by atoms with E-state index in [-0.39, 0.29) is 5.91 Å². The molecule has 1 fully saturated rings. The fourth-order valence-corrected chi connectivity index (χ4v) is 2.46. The lowest BCUT2D eigenvalue weighted by Gasteiger charge is -2.19. The van der Waals surface area contributed by atoms with Crippen molar-refractivity contribution in [3.63, 3.8) is 0 Å². The molecule has 104 valence electrons. The number of hydrogen-bond acceptors (Lipinski definition) is 3. The summed E-state index contributed by atoms with van der Waals surface area (Å²) in [4.78, 5) is 16.4.